The van der Waals surface area contributed by atoms with Crippen LogP contribution in [0.3, 0.4) is 0 Å². The van der Waals surface area contributed by atoms with Gasteiger partial charge >= 0.3 is 0 Å². The highest BCUT2D eigenvalue weighted by Crippen LogP contribution is 2.35. The number of amides is 1. The van der Waals surface area contributed by atoms with Gasteiger partial charge in [-0.15, -0.1) is 0 Å². The third-order valence-electron chi connectivity index (χ3n) is 7.40. The Bertz CT molecular complexity index is 1370. The largest absolute Gasteiger partial charge is 0.349 e. The van der Waals surface area contributed by atoms with Crippen LogP contribution in [0.15, 0.2) is 48.5 Å². The van der Waals surface area contributed by atoms with E-state index in [0.717, 1.165) is 65.5 Å². The van der Waals surface area contributed by atoms with E-state index in [0.29, 0.717) is 6.54 Å². The molecule has 180 valence electrons. The van der Waals surface area contributed by atoms with Gasteiger partial charge in [0.05, 0.1) is 28.0 Å². The maximum Gasteiger partial charge on any atom is 0.225 e. The van der Waals surface area contributed by atoms with Crippen LogP contribution >= 0.6 is 11.3 Å². The summed E-state index contributed by atoms with van der Waals surface area (Å²) >= 11 is 1.69. The van der Waals surface area contributed by atoms with Gasteiger partial charge in [-0.1, -0.05) is 53.3 Å². The molecule has 3 heterocycles. The molecule has 2 atom stereocenters. The van der Waals surface area contributed by atoms with Gasteiger partial charge in [-0.3, -0.25) is 4.79 Å². The Hall–Kier alpha value is -3.19. The number of rotatable bonds is 4. The SMILES string of the molecule is Cc1ccc(-n2nc(C)c3sc(N4CCC[C@@H](C(=O)N[C@H]5CCCc6ccccc65)C4)nc32)cc1. The van der Waals surface area contributed by atoms with Crippen LogP contribution in [-0.4, -0.2) is 33.8 Å². The zero-order chi connectivity index (χ0) is 23.9. The van der Waals surface area contributed by atoms with E-state index in [1.54, 1.807) is 11.3 Å². The highest BCUT2D eigenvalue weighted by Gasteiger charge is 2.30. The highest BCUT2D eigenvalue weighted by molar-refractivity contribution is 7.22. The lowest BCUT2D eigenvalue weighted by Crippen LogP contribution is -2.44. The molecule has 35 heavy (non-hydrogen) atoms. The number of carbonyl (C=O) groups excluding carboxylic acids is 1. The van der Waals surface area contributed by atoms with Crippen molar-refractivity contribution in [2.24, 2.45) is 5.92 Å². The lowest BCUT2D eigenvalue weighted by Gasteiger charge is -2.33. The van der Waals surface area contributed by atoms with Crippen LogP contribution in [0.25, 0.3) is 16.0 Å². The van der Waals surface area contributed by atoms with Crippen LogP contribution in [-0.2, 0) is 11.2 Å². The molecule has 0 saturated carbocycles. The van der Waals surface area contributed by atoms with Gasteiger partial charge in [-0.2, -0.15) is 10.1 Å². The maximum atomic E-state index is 13.3. The Balaban J connectivity index is 1.21. The van der Waals surface area contributed by atoms with E-state index in [2.05, 4.69) is 65.7 Å². The normalized spacial score (nSPS) is 20.1. The molecule has 0 bridgehead atoms. The Labute approximate surface area is 210 Å². The van der Waals surface area contributed by atoms with Gasteiger partial charge < -0.3 is 10.2 Å². The second-order valence-corrected chi connectivity index (χ2v) is 10.9. The molecular formula is C28H31N5OS. The van der Waals surface area contributed by atoms with E-state index in [1.165, 1.54) is 16.7 Å². The minimum Gasteiger partial charge on any atom is -0.349 e. The van der Waals surface area contributed by atoms with E-state index in [1.807, 2.05) is 11.6 Å². The molecule has 6 rings (SSSR count). The fourth-order valence-corrected chi connectivity index (χ4v) is 6.50. The van der Waals surface area contributed by atoms with Crippen LogP contribution in [0.4, 0.5) is 5.13 Å². The predicted molar refractivity (Wildman–Crippen MR) is 141 cm³/mol. The summed E-state index contributed by atoms with van der Waals surface area (Å²) in [6.45, 7) is 5.78. The third kappa shape index (κ3) is 4.22. The topological polar surface area (TPSA) is 63.1 Å². The first-order chi connectivity index (χ1) is 17.1. The van der Waals surface area contributed by atoms with Crippen molar-refractivity contribution in [3.63, 3.8) is 0 Å². The monoisotopic (exact) mass is 485 g/mol. The number of benzene rings is 2. The summed E-state index contributed by atoms with van der Waals surface area (Å²) in [5.41, 5.74) is 6.81. The lowest BCUT2D eigenvalue weighted by atomic mass is 9.87. The average Bonchev–Trinajstić information content (AvgIpc) is 3.45. The molecule has 1 N–H and O–H groups in total. The summed E-state index contributed by atoms with van der Waals surface area (Å²) in [6.07, 6.45) is 5.18. The van der Waals surface area contributed by atoms with Crippen molar-refractivity contribution in [2.75, 3.05) is 18.0 Å². The van der Waals surface area contributed by atoms with Gasteiger partial charge in [0, 0.05) is 13.1 Å². The number of fused-ring (bicyclic) bond motifs is 2. The minimum absolute atomic E-state index is 0.0143. The van der Waals surface area contributed by atoms with Crippen LogP contribution in [0.2, 0.25) is 0 Å². The summed E-state index contributed by atoms with van der Waals surface area (Å²) in [6, 6.07) is 17.1. The molecule has 2 aliphatic rings. The van der Waals surface area contributed by atoms with Crippen molar-refractivity contribution >= 4 is 32.7 Å². The third-order valence-corrected chi connectivity index (χ3v) is 8.62. The van der Waals surface area contributed by atoms with Gasteiger partial charge in [0.25, 0.3) is 0 Å². The molecule has 1 aliphatic carbocycles. The standard InChI is InChI=1S/C28H31N5OS/c1-18-12-14-22(15-13-18)33-26-25(19(2)31-33)35-28(30-26)32-16-6-9-21(17-32)27(34)29-24-11-5-8-20-7-3-4-10-23(20)24/h3-4,7,10,12-15,21,24H,5-6,8-9,11,16-17H2,1-2H3,(H,29,34)/t21-,24+/m1/s1. The number of carbonyl (C=O) groups is 1. The number of nitrogens with zero attached hydrogens (tertiary/aromatic N) is 4. The summed E-state index contributed by atoms with van der Waals surface area (Å²) in [5.74, 6) is 0.166. The van der Waals surface area contributed by atoms with Crippen LogP contribution in [0.1, 0.15) is 54.1 Å². The van der Waals surface area contributed by atoms with Crippen LogP contribution in [0.5, 0.6) is 0 Å². The van der Waals surface area contributed by atoms with Crippen LogP contribution in [0, 0.1) is 19.8 Å². The second-order valence-electron chi connectivity index (χ2n) is 9.92. The summed E-state index contributed by atoms with van der Waals surface area (Å²) in [7, 11) is 0. The molecule has 2 aromatic heterocycles. The first-order valence-corrected chi connectivity index (χ1v) is 13.4. The first-order valence-electron chi connectivity index (χ1n) is 12.6. The summed E-state index contributed by atoms with van der Waals surface area (Å²) in [5, 5.41) is 9.12. The number of nitrogens with one attached hydrogen (secondary N) is 1. The van der Waals surface area contributed by atoms with Crippen molar-refractivity contribution < 1.29 is 4.79 Å². The second kappa shape index (κ2) is 9.11. The molecule has 6 nitrogen and oxygen atoms in total. The molecule has 0 radical (unpaired) electrons. The van der Waals surface area contributed by atoms with Gasteiger partial charge in [-0.05, 0) is 69.2 Å². The molecule has 7 heteroatoms. The van der Waals surface area contributed by atoms with Gasteiger partial charge in [0.1, 0.15) is 0 Å². The number of piperidine rings is 1. The molecule has 1 saturated heterocycles. The number of hydrogen-bond donors (Lipinski definition) is 1. The lowest BCUT2D eigenvalue weighted by molar-refractivity contribution is -0.126. The summed E-state index contributed by atoms with van der Waals surface area (Å²) < 4.78 is 3.06. The zero-order valence-corrected chi connectivity index (χ0v) is 21.1. The van der Waals surface area contributed by atoms with E-state index in [-0.39, 0.29) is 17.9 Å². The quantitative estimate of drug-likeness (QED) is 0.414. The van der Waals surface area contributed by atoms with E-state index < -0.39 is 0 Å². The fraction of sp³-hybridized carbons (Fsp3) is 0.393. The van der Waals surface area contributed by atoms with Gasteiger partial charge in [0.2, 0.25) is 5.91 Å². The van der Waals surface area contributed by atoms with Crippen molar-refractivity contribution in [1.29, 1.82) is 0 Å². The molecule has 4 aromatic rings. The summed E-state index contributed by atoms with van der Waals surface area (Å²) in [4.78, 5) is 20.6. The van der Waals surface area contributed by atoms with E-state index in [4.69, 9.17) is 10.1 Å². The predicted octanol–water partition coefficient (Wildman–Crippen LogP) is 5.51. The Morgan fingerprint density at radius 2 is 1.89 bits per heavy atom. The Morgan fingerprint density at radius 3 is 2.74 bits per heavy atom. The number of thiazole rings is 1. The Morgan fingerprint density at radius 1 is 1.06 bits per heavy atom. The molecule has 2 aromatic carbocycles. The van der Waals surface area contributed by atoms with Crippen molar-refractivity contribution in [3.8, 4) is 5.69 Å². The highest BCUT2D eigenvalue weighted by atomic mass is 32.1. The first kappa shape index (κ1) is 22.3. The van der Waals surface area contributed by atoms with Gasteiger partial charge in [-0.25, -0.2) is 4.68 Å². The molecular weight excluding hydrogens is 454 g/mol. The fourth-order valence-electron chi connectivity index (χ4n) is 5.48. The van der Waals surface area contributed by atoms with E-state index in [9.17, 15) is 4.79 Å². The van der Waals surface area contributed by atoms with Crippen molar-refractivity contribution in [3.05, 3.63) is 70.9 Å². The minimum atomic E-state index is -0.0143. The maximum absolute atomic E-state index is 13.3. The average molecular weight is 486 g/mol. The molecule has 0 unspecified atom stereocenters. The number of anilines is 1. The number of hydrogen-bond acceptors (Lipinski definition) is 5. The number of aryl methyl sites for hydroxylation is 3. The molecule has 1 aliphatic heterocycles. The zero-order valence-electron chi connectivity index (χ0n) is 20.3. The molecule has 0 spiro atoms. The van der Waals surface area contributed by atoms with Crippen molar-refractivity contribution in [1.82, 2.24) is 20.1 Å². The smallest absolute Gasteiger partial charge is 0.225 e. The van der Waals surface area contributed by atoms with Crippen LogP contribution < -0.4 is 10.2 Å². The number of aromatic nitrogens is 3. The Kier molecular flexibility index (Phi) is 5.80. The van der Waals surface area contributed by atoms with Crippen molar-refractivity contribution in [2.45, 2.75) is 52.0 Å². The molecule has 1 amide bonds. The van der Waals surface area contributed by atoms with E-state index >= 15 is 0 Å². The molecule has 1 fully saturated rings. The van der Waals surface area contributed by atoms with Gasteiger partial charge in [0.15, 0.2) is 10.8 Å².